The lowest BCUT2D eigenvalue weighted by Gasteiger charge is -2.26. The van der Waals surface area contributed by atoms with Crippen LogP contribution in [0, 0.1) is 0 Å². The molecule has 0 saturated carbocycles. The van der Waals surface area contributed by atoms with E-state index < -0.39 is 0 Å². The van der Waals surface area contributed by atoms with Crippen LogP contribution in [0.15, 0.2) is 30.3 Å². The van der Waals surface area contributed by atoms with Crippen LogP contribution in [0.4, 0.5) is 0 Å². The van der Waals surface area contributed by atoms with E-state index >= 15 is 0 Å². The van der Waals surface area contributed by atoms with Gasteiger partial charge in [-0.1, -0.05) is 30.3 Å². The Kier molecular flexibility index (Phi) is 4.45. The van der Waals surface area contributed by atoms with Gasteiger partial charge in [-0.05, 0) is 5.56 Å². The molecule has 1 unspecified atom stereocenters. The zero-order valence-corrected chi connectivity index (χ0v) is 10.6. The first-order chi connectivity index (χ1) is 8.31. The number of carbonyl (C=O) groups excluding carboxylic acids is 1. The van der Waals surface area contributed by atoms with E-state index in [2.05, 4.69) is 0 Å². The smallest absolute Gasteiger partial charge is 0.313 e. The van der Waals surface area contributed by atoms with Gasteiger partial charge in [0.25, 0.3) is 0 Å². The second-order valence-corrected chi connectivity index (χ2v) is 5.31. The van der Waals surface area contributed by atoms with Crippen LogP contribution < -0.4 is 0 Å². The lowest BCUT2D eigenvalue weighted by molar-refractivity contribution is -0.141. The maximum Gasteiger partial charge on any atom is 0.313 e. The standard InChI is InChI=1S/C13H16O3S/c1-15-13(14)12(9-17-11-7-16-8-11)10-5-3-2-4-6-10/h2-6,11-12H,7-9H2,1H3. The van der Waals surface area contributed by atoms with Crippen LogP contribution in [-0.2, 0) is 14.3 Å². The van der Waals surface area contributed by atoms with Crippen LogP contribution >= 0.6 is 11.8 Å². The molecule has 0 spiro atoms. The van der Waals surface area contributed by atoms with Gasteiger partial charge in [-0.25, -0.2) is 0 Å². The maximum absolute atomic E-state index is 11.8. The molecule has 1 aliphatic heterocycles. The first-order valence-corrected chi connectivity index (χ1v) is 6.68. The number of ether oxygens (including phenoxy) is 2. The number of esters is 1. The van der Waals surface area contributed by atoms with Gasteiger partial charge in [0.1, 0.15) is 0 Å². The van der Waals surface area contributed by atoms with E-state index in [1.165, 1.54) is 7.11 Å². The van der Waals surface area contributed by atoms with Crippen molar-refractivity contribution >= 4 is 17.7 Å². The van der Waals surface area contributed by atoms with Crippen LogP contribution in [0.2, 0.25) is 0 Å². The normalized spacial score (nSPS) is 17.2. The summed E-state index contributed by atoms with van der Waals surface area (Å²) in [6, 6.07) is 9.79. The fourth-order valence-electron chi connectivity index (χ4n) is 1.67. The van der Waals surface area contributed by atoms with Crippen LogP contribution in [0.5, 0.6) is 0 Å². The molecule has 2 rings (SSSR count). The number of thioether (sulfide) groups is 1. The predicted molar refractivity (Wildman–Crippen MR) is 68.3 cm³/mol. The molecule has 1 heterocycles. The number of hydrogen-bond donors (Lipinski definition) is 0. The van der Waals surface area contributed by atoms with Crippen molar-refractivity contribution in [1.29, 1.82) is 0 Å². The van der Waals surface area contributed by atoms with Gasteiger partial charge in [-0.15, -0.1) is 0 Å². The maximum atomic E-state index is 11.8. The third-order valence-electron chi connectivity index (χ3n) is 2.79. The highest BCUT2D eigenvalue weighted by molar-refractivity contribution is 8.00. The molecule has 0 radical (unpaired) electrons. The van der Waals surface area contributed by atoms with Crippen LogP contribution in [-0.4, -0.2) is 37.3 Å². The minimum Gasteiger partial charge on any atom is -0.469 e. The molecule has 3 nitrogen and oxygen atoms in total. The van der Waals surface area contributed by atoms with Gasteiger partial charge in [0.2, 0.25) is 0 Å². The van der Waals surface area contributed by atoms with Crippen LogP contribution in [0.25, 0.3) is 0 Å². The first-order valence-electron chi connectivity index (χ1n) is 5.63. The summed E-state index contributed by atoms with van der Waals surface area (Å²) in [5.41, 5.74) is 1.02. The fraction of sp³-hybridized carbons (Fsp3) is 0.462. The summed E-state index contributed by atoms with van der Waals surface area (Å²) >= 11 is 1.78. The highest BCUT2D eigenvalue weighted by Crippen LogP contribution is 2.27. The van der Waals surface area contributed by atoms with Crippen molar-refractivity contribution in [2.75, 3.05) is 26.1 Å². The zero-order valence-electron chi connectivity index (χ0n) is 9.80. The van der Waals surface area contributed by atoms with Crippen molar-refractivity contribution in [2.45, 2.75) is 11.2 Å². The molecule has 0 aromatic heterocycles. The largest absolute Gasteiger partial charge is 0.469 e. The lowest BCUT2D eigenvalue weighted by Crippen LogP contribution is -2.31. The summed E-state index contributed by atoms with van der Waals surface area (Å²) in [5.74, 6) is 0.417. The van der Waals surface area contributed by atoms with Gasteiger partial charge >= 0.3 is 5.97 Å². The third kappa shape index (κ3) is 3.23. The van der Waals surface area contributed by atoms with Crippen LogP contribution in [0.1, 0.15) is 11.5 Å². The Bertz CT molecular complexity index is 362. The summed E-state index contributed by atoms with van der Waals surface area (Å²) in [5, 5.41) is 0.533. The van der Waals surface area contributed by atoms with E-state index in [9.17, 15) is 4.79 Å². The average molecular weight is 252 g/mol. The summed E-state index contributed by atoms with van der Waals surface area (Å²) in [4.78, 5) is 11.8. The van der Waals surface area contributed by atoms with Crippen molar-refractivity contribution in [2.24, 2.45) is 0 Å². The van der Waals surface area contributed by atoms with E-state index in [-0.39, 0.29) is 11.9 Å². The first kappa shape index (κ1) is 12.5. The minimum absolute atomic E-state index is 0.163. The average Bonchev–Trinajstić information content (AvgIpc) is 2.32. The number of hydrogen-bond acceptors (Lipinski definition) is 4. The van der Waals surface area contributed by atoms with Crippen molar-refractivity contribution in [3.05, 3.63) is 35.9 Å². The van der Waals surface area contributed by atoms with E-state index in [0.29, 0.717) is 5.25 Å². The second-order valence-electron chi connectivity index (χ2n) is 3.98. The molecule has 1 aliphatic rings. The summed E-state index contributed by atoms with van der Waals surface area (Å²) in [6.07, 6.45) is 0. The van der Waals surface area contributed by atoms with Gasteiger partial charge in [-0.3, -0.25) is 4.79 Å². The summed E-state index contributed by atoms with van der Waals surface area (Å²) < 4.78 is 9.99. The molecular formula is C13H16O3S. The molecule has 0 N–H and O–H groups in total. The van der Waals surface area contributed by atoms with Gasteiger partial charge in [0.05, 0.1) is 31.5 Å². The Balaban J connectivity index is 1.99. The molecule has 1 saturated heterocycles. The molecule has 0 amide bonds. The minimum atomic E-state index is -0.174. The molecule has 1 aromatic carbocycles. The lowest BCUT2D eigenvalue weighted by atomic mass is 10.0. The number of methoxy groups -OCH3 is 1. The highest BCUT2D eigenvalue weighted by Gasteiger charge is 2.25. The van der Waals surface area contributed by atoms with Crippen LogP contribution in [0.3, 0.4) is 0 Å². The van der Waals surface area contributed by atoms with Gasteiger partial charge < -0.3 is 9.47 Å². The molecule has 1 atom stereocenters. The SMILES string of the molecule is COC(=O)C(CSC1COC1)c1ccccc1. The van der Waals surface area contributed by atoms with E-state index in [1.807, 2.05) is 30.3 Å². The summed E-state index contributed by atoms with van der Waals surface area (Å²) in [6.45, 7) is 1.60. The number of benzene rings is 1. The van der Waals surface area contributed by atoms with E-state index in [1.54, 1.807) is 11.8 Å². The number of carbonyl (C=O) groups is 1. The molecule has 17 heavy (non-hydrogen) atoms. The third-order valence-corrected chi connectivity index (χ3v) is 4.06. The molecule has 0 aliphatic carbocycles. The Labute approximate surface area is 105 Å². The number of rotatable bonds is 5. The van der Waals surface area contributed by atoms with Gasteiger partial charge in [0, 0.05) is 5.75 Å². The Morgan fingerprint density at radius 2 is 2.18 bits per heavy atom. The molecule has 0 bridgehead atoms. The summed E-state index contributed by atoms with van der Waals surface area (Å²) in [7, 11) is 1.44. The molecular weight excluding hydrogens is 236 g/mol. The monoisotopic (exact) mass is 252 g/mol. The molecule has 1 aromatic rings. The van der Waals surface area contributed by atoms with E-state index in [4.69, 9.17) is 9.47 Å². The zero-order chi connectivity index (χ0) is 12.1. The second kappa shape index (κ2) is 6.07. The quantitative estimate of drug-likeness (QED) is 0.752. The fourth-order valence-corrected chi connectivity index (χ4v) is 2.85. The van der Waals surface area contributed by atoms with Gasteiger partial charge in [-0.2, -0.15) is 11.8 Å². The van der Waals surface area contributed by atoms with Crippen molar-refractivity contribution in [3.8, 4) is 0 Å². The topological polar surface area (TPSA) is 35.5 Å². The van der Waals surface area contributed by atoms with Gasteiger partial charge in [0.15, 0.2) is 0 Å². The van der Waals surface area contributed by atoms with Crippen molar-refractivity contribution < 1.29 is 14.3 Å². The molecule has 4 heteroatoms. The highest BCUT2D eigenvalue weighted by atomic mass is 32.2. The Morgan fingerprint density at radius 1 is 1.47 bits per heavy atom. The molecule has 1 fully saturated rings. The van der Waals surface area contributed by atoms with E-state index in [0.717, 1.165) is 24.5 Å². The Hall–Kier alpha value is -1.00. The Morgan fingerprint density at radius 3 is 2.71 bits per heavy atom. The van der Waals surface area contributed by atoms with Crippen molar-refractivity contribution in [1.82, 2.24) is 0 Å². The predicted octanol–water partition coefficient (Wildman–Crippen LogP) is 2.08. The molecule has 92 valence electrons. The van der Waals surface area contributed by atoms with Crippen molar-refractivity contribution in [3.63, 3.8) is 0 Å².